The van der Waals surface area contributed by atoms with Crippen LogP contribution in [0.2, 0.25) is 5.02 Å². The molecule has 0 saturated heterocycles. The zero-order valence-electron chi connectivity index (χ0n) is 13.1. The van der Waals surface area contributed by atoms with E-state index in [2.05, 4.69) is 52.3 Å². The summed E-state index contributed by atoms with van der Waals surface area (Å²) in [5.41, 5.74) is 1.32. The molecule has 2 aromatic carbocycles. The van der Waals surface area contributed by atoms with Crippen LogP contribution in [0.4, 0.5) is 0 Å². The highest BCUT2D eigenvalue weighted by Crippen LogP contribution is 2.35. The van der Waals surface area contributed by atoms with E-state index in [1.54, 1.807) is 0 Å². The minimum Gasteiger partial charge on any atom is -0.334 e. The summed E-state index contributed by atoms with van der Waals surface area (Å²) in [4.78, 5) is 4.13. The summed E-state index contributed by atoms with van der Waals surface area (Å²) in [7, 11) is 0. The van der Waals surface area contributed by atoms with Crippen LogP contribution >= 0.6 is 11.6 Å². The molecule has 3 nitrogen and oxygen atoms in total. The van der Waals surface area contributed by atoms with Gasteiger partial charge in [0.2, 0.25) is 0 Å². The Kier molecular flexibility index (Phi) is 3.83. The molecule has 1 atom stereocenters. The maximum Gasteiger partial charge on any atom is 0.0948 e. The normalized spacial score (nSPS) is 22.0. The number of aromatic nitrogens is 2. The van der Waals surface area contributed by atoms with Gasteiger partial charge in [-0.05, 0) is 36.8 Å². The van der Waals surface area contributed by atoms with Gasteiger partial charge in [-0.15, -0.1) is 0 Å². The summed E-state index contributed by atoms with van der Waals surface area (Å²) in [6.45, 7) is 2.24. The predicted octanol–water partition coefficient (Wildman–Crippen LogP) is 4.74. The van der Waals surface area contributed by atoms with Crippen LogP contribution in [-0.4, -0.2) is 15.6 Å². The second-order valence-electron chi connectivity index (χ2n) is 6.40. The maximum atomic E-state index is 6.32. The van der Waals surface area contributed by atoms with Crippen LogP contribution in [0.25, 0.3) is 10.8 Å². The lowest BCUT2D eigenvalue weighted by atomic mass is 9.85. The van der Waals surface area contributed by atoms with Gasteiger partial charge in [0.15, 0.2) is 0 Å². The number of hydrogen-bond donors (Lipinski definition) is 1. The third-order valence-corrected chi connectivity index (χ3v) is 5.25. The second-order valence-corrected chi connectivity index (χ2v) is 6.81. The van der Waals surface area contributed by atoms with Crippen LogP contribution in [-0.2, 0) is 0 Å². The first-order valence-corrected chi connectivity index (χ1v) is 8.51. The fourth-order valence-electron chi connectivity index (χ4n) is 3.56. The van der Waals surface area contributed by atoms with Crippen molar-refractivity contribution >= 4 is 22.4 Å². The molecule has 1 aliphatic rings. The zero-order chi connectivity index (χ0) is 15.8. The third-order valence-electron chi connectivity index (χ3n) is 4.92. The van der Waals surface area contributed by atoms with E-state index in [0.717, 1.165) is 23.3 Å². The number of imidazole rings is 1. The summed E-state index contributed by atoms with van der Waals surface area (Å²) >= 11 is 6.32. The van der Waals surface area contributed by atoms with Crippen LogP contribution in [0.15, 0.2) is 55.1 Å². The average Bonchev–Trinajstić information content (AvgIpc) is 3.05. The molecule has 1 aliphatic carbocycles. The molecule has 3 aromatic rings. The predicted molar refractivity (Wildman–Crippen MR) is 94.8 cm³/mol. The highest BCUT2D eigenvalue weighted by Gasteiger charge is 2.31. The molecule has 1 unspecified atom stereocenters. The molecule has 0 amide bonds. The van der Waals surface area contributed by atoms with E-state index in [4.69, 9.17) is 11.6 Å². The Labute approximate surface area is 141 Å². The first kappa shape index (κ1) is 14.7. The quantitative estimate of drug-likeness (QED) is 0.750. The standard InChI is InChI=1S/C19H20ClN3/c1-13(22-14-10-15(11-14)23-9-8-21-12-23)16-6-7-19(20)18-5-3-2-4-17(16)18/h2-9,12-15,22H,10-11H2,1H3. The van der Waals surface area contributed by atoms with Gasteiger partial charge in [-0.3, -0.25) is 0 Å². The Morgan fingerprint density at radius 3 is 2.70 bits per heavy atom. The first-order chi connectivity index (χ1) is 11.2. The van der Waals surface area contributed by atoms with Gasteiger partial charge in [-0.1, -0.05) is 41.9 Å². The Balaban J connectivity index is 1.48. The molecule has 23 heavy (non-hydrogen) atoms. The number of rotatable bonds is 4. The zero-order valence-corrected chi connectivity index (χ0v) is 13.9. The topological polar surface area (TPSA) is 29.9 Å². The molecule has 1 heterocycles. The van der Waals surface area contributed by atoms with Gasteiger partial charge in [0.05, 0.1) is 6.33 Å². The fraction of sp³-hybridized carbons (Fsp3) is 0.316. The number of nitrogens with zero attached hydrogens (tertiary/aromatic N) is 2. The van der Waals surface area contributed by atoms with E-state index >= 15 is 0 Å². The Hall–Kier alpha value is -1.84. The lowest BCUT2D eigenvalue weighted by molar-refractivity contribution is 0.212. The van der Waals surface area contributed by atoms with Crippen LogP contribution < -0.4 is 5.32 Å². The van der Waals surface area contributed by atoms with Crippen LogP contribution in [0.3, 0.4) is 0 Å². The fourth-order valence-corrected chi connectivity index (χ4v) is 3.79. The van der Waals surface area contributed by atoms with Crippen molar-refractivity contribution in [3.05, 3.63) is 65.7 Å². The van der Waals surface area contributed by atoms with Gasteiger partial charge in [0, 0.05) is 40.9 Å². The lowest BCUT2D eigenvalue weighted by Crippen LogP contribution is -2.43. The highest BCUT2D eigenvalue weighted by molar-refractivity contribution is 6.35. The number of benzene rings is 2. The molecule has 1 N–H and O–H groups in total. The molecule has 1 fully saturated rings. The van der Waals surface area contributed by atoms with E-state index in [1.807, 2.05) is 24.7 Å². The van der Waals surface area contributed by atoms with Crippen molar-refractivity contribution < 1.29 is 0 Å². The Morgan fingerprint density at radius 2 is 1.96 bits per heavy atom. The van der Waals surface area contributed by atoms with Crippen molar-refractivity contribution in [2.24, 2.45) is 0 Å². The van der Waals surface area contributed by atoms with Crippen LogP contribution in [0.5, 0.6) is 0 Å². The summed E-state index contributed by atoms with van der Waals surface area (Å²) < 4.78 is 2.21. The molecule has 0 radical (unpaired) electrons. The first-order valence-electron chi connectivity index (χ1n) is 8.13. The van der Waals surface area contributed by atoms with Gasteiger partial charge in [0.25, 0.3) is 0 Å². The smallest absolute Gasteiger partial charge is 0.0948 e. The molecule has 0 spiro atoms. The average molecular weight is 326 g/mol. The number of halogens is 1. The van der Waals surface area contributed by atoms with Gasteiger partial charge >= 0.3 is 0 Å². The summed E-state index contributed by atoms with van der Waals surface area (Å²) in [6, 6.07) is 14.0. The third kappa shape index (κ3) is 2.75. The Morgan fingerprint density at radius 1 is 1.17 bits per heavy atom. The molecule has 1 aromatic heterocycles. The highest BCUT2D eigenvalue weighted by atomic mass is 35.5. The van der Waals surface area contributed by atoms with Crippen LogP contribution in [0.1, 0.15) is 37.4 Å². The molecule has 1 saturated carbocycles. The van der Waals surface area contributed by atoms with Crippen molar-refractivity contribution in [2.75, 3.05) is 0 Å². The van der Waals surface area contributed by atoms with Gasteiger partial charge in [-0.2, -0.15) is 0 Å². The summed E-state index contributed by atoms with van der Waals surface area (Å²) in [5, 5.41) is 6.95. The van der Waals surface area contributed by atoms with E-state index in [1.165, 1.54) is 10.9 Å². The lowest BCUT2D eigenvalue weighted by Gasteiger charge is -2.38. The van der Waals surface area contributed by atoms with Crippen molar-refractivity contribution in [2.45, 2.75) is 37.9 Å². The van der Waals surface area contributed by atoms with Crippen molar-refractivity contribution in [1.29, 1.82) is 0 Å². The minimum atomic E-state index is 0.311. The van der Waals surface area contributed by atoms with E-state index in [9.17, 15) is 0 Å². The Bertz CT molecular complexity index is 807. The second kappa shape index (κ2) is 5.99. The van der Waals surface area contributed by atoms with Crippen molar-refractivity contribution in [1.82, 2.24) is 14.9 Å². The summed E-state index contributed by atoms with van der Waals surface area (Å²) in [6.07, 6.45) is 8.13. The molecular weight excluding hydrogens is 306 g/mol. The minimum absolute atomic E-state index is 0.311. The number of hydrogen-bond acceptors (Lipinski definition) is 2. The number of nitrogens with one attached hydrogen (secondary N) is 1. The van der Waals surface area contributed by atoms with E-state index in [0.29, 0.717) is 18.1 Å². The number of fused-ring (bicyclic) bond motifs is 1. The van der Waals surface area contributed by atoms with E-state index in [-0.39, 0.29) is 0 Å². The molecule has 0 bridgehead atoms. The molecule has 118 valence electrons. The molecular formula is C19H20ClN3. The monoisotopic (exact) mass is 325 g/mol. The van der Waals surface area contributed by atoms with Gasteiger partial charge < -0.3 is 9.88 Å². The SMILES string of the molecule is CC(NC1CC(n2ccnc2)C1)c1ccc(Cl)c2ccccc12. The van der Waals surface area contributed by atoms with E-state index < -0.39 is 0 Å². The van der Waals surface area contributed by atoms with Crippen LogP contribution in [0, 0.1) is 0 Å². The molecule has 4 rings (SSSR count). The largest absolute Gasteiger partial charge is 0.334 e. The molecule has 0 aliphatic heterocycles. The van der Waals surface area contributed by atoms with Crippen molar-refractivity contribution in [3.63, 3.8) is 0 Å². The molecule has 4 heteroatoms. The van der Waals surface area contributed by atoms with Crippen molar-refractivity contribution in [3.8, 4) is 0 Å². The van der Waals surface area contributed by atoms with Gasteiger partial charge in [-0.25, -0.2) is 4.98 Å². The summed E-state index contributed by atoms with van der Waals surface area (Å²) in [5.74, 6) is 0. The van der Waals surface area contributed by atoms with Gasteiger partial charge in [0.1, 0.15) is 0 Å². The maximum absolute atomic E-state index is 6.32.